The summed E-state index contributed by atoms with van der Waals surface area (Å²) >= 11 is 1.35. The summed E-state index contributed by atoms with van der Waals surface area (Å²) in [5, 5.41) is 6.61. The Morgan fingerprint density at radius 2 is 2.00 bits per heavy atom. The number of benzene rings is 2. The van der Waals surface area contributed by atoms with Gasteiger partial charge in [0.05, 0.1) is 12.1 Å². The zero-order valence-corrected chi connectivity index (χ0v) is 16.2. The number of aromatic amines is 1. The lowest BCUT2D eigenvalue weighted by Crippen LogP contribution is -2.35. The lowest BCUT2D eigenvalue weighted by atomic mass is 10.1. The van der Waals surface area contributed by atoms with Crippen LogP contribution in [-0.2, 0) is 17.6 Å². The van der Waals surface area contributed by atoms with E-state index < -0.39 is 0 Å². The molecule has 2 aromatic heterocycles. The van der Waals surface area contributed by atoms with Crippen molar-refractivity contribution in [2.45, 2.75) is 25.8 Å². The number of H-pyrrole nitrogens is 1. The number of carbonyl (C=O) groups is 1. The average Bonchev–Trinajstić information content (AvgIpc) is 3.29. The molecule has 2 aromatic carbocycles. The first-order chi connectivity index (χ1) is 13.6. The van der Waals surface area contributed by atoms with Crippen LogP contribution in [-0.4, -0.2) is 21.9 Å². The van der Waals surface area contributed by atoms with Crippen LogP contribution in [0, 0.1) is 5.82 Å². The van der Waals surface area contributed by atoms with Gasteiger partial charge in [0.1, 0.15) is 10.8 Å². The monoisotopic (exact) mass is 393 g/mol. The predicted molar refractivity (Wildman–Crippen MR) is 111 cm³/mol. The van der Waals surface area contributed by atoms with Gasteiger partial charge in [0.25, 0.3) is 0 Å². The summed E-state index contributed by atoms with van der Waals surface area (Å²) in [6.45, 7) is 1.99. The van der Waals surface area contributed by atoms with E-state index in [2.05, 4.69) is 21.4 Å². The van der Waals surface area contributed by atoms with Gasteiger partial charge < -0.3 is 10.3 Å². The summed E-state index contributed by atoms with van der Waals surface area (Å²) in [5.41, 5.74) is 3.39. The third kappa shape index (κ3) is 3.97. The zero-order valence-electron chi connectivity index (χ0n) is 15.4. The number of fused-ring (bicyclic) bond motifs is 1. The van der Waals surface area contributed by atoms with Gasteiger partial charge in [-0.1, -0.05) is 30.3 Å². The summed E-state index contributed by atoms with van der Waals surface area (Å²) in [6, 6.07) is 14.7. The smallest absolute Gasteiger partial charge is 0.226 e. The molecule has 0 spiro atoms. The Labute approximate surface area is 166 Å². The van der Waals surface area contributed by atoms with Crippen LogP contribution in [0.2, 0.25) is 0 Å². The van der Waals surface area contributed by atoms with Crippen LogP contribution in [0.25, 0.3) is 21.5 Å². The molecular weight excluding hydrogens is 373 g/mol. The second kappa shape index (κ2) is 7.94. The highest BCUT2D eigenvalue weighted by molar-refractivity contribution is 7.13. The molecule has 4 aromatic rings. The van der Waals surface area contributed by atoms with E-state index in [9.17, 15) is 9.18 Å². The molecule has 2 heterocycles. The van der Waals surface area contributed by atoms with Crippen molar-refractivity contribution in [2.75, 3.05) is 0 Å². The Balaban J connectivity index is 1.37. The third-order valence-electron chi connectivity index (χ3n) is 4.61. The van der Waals surface area contributed by atoms with Crippen LogP contribution < -0.4 is 5.32 Å². The van der Waals surface area contributed by atoms with Gasteiger partial charge >= 0.3 is 0 Å². The van der Waals surface area contributed by atoms with Crippen molar-refractivity contribution in [3.05, 3.63) is 77.2 Å². The first-order valence-corrected chi connectivity index (χ1v) is 10.0. The standard InChI is InChI=1S/C22H20FN3OS/c1-14(10-15-12-24-20-9-5-3-6-17(15)20)25-21(27)11-16-13-28-22(26-16)18-7-2-4-8-19(18)23/h2-9,12-14,24H,10-11H2,1H3,(H,25,27). The van der Waals surface area contributed by atoms with Crippen molar-refractivity contribution in [3.8, 4) is 10.6 Å². The molecule has 0 bridgehead atoms. The number of hydrogen-bond acceptors (Lipinski definition) is 3. The second-order valence-corrected chi connectivity index (χ2v) is 7.69. The molecule has 142 valence electrons. The SMILES string of the molecule is CC(Cc1c[nH]c2ccccc12)NC(=O)Cc1csc(-c2ccccc2F)n1. The van der Waals surface area contributed by atoms with Gasteiger partial charge in [-0.05, 0) is 37.1 Å². The number of nitrogens with one attached hydrogen (secondary N) is 2. The number of aromatic nitrogens is 2. The van der Waals surface area contributed by atoms with E-state index in [1.54, 1.807) is 18.2 Å². The molecule has 0 saturated heterocycles. The van der Waals surface area contributed by atoms with Gasteiger partial charge in [-0.3, -0.25) is 4.79 Å². The second-order valence-electron chi connectivity index (χ2n) is 6.83. The molecule has 2 N–H and O–H groups in total. The molecule has 0 radical (unpaired) electrons. The number of carbonyl (C=O) groups excluding carboxylic acids is 1. The van der Waals surface area contributed by atoms with Crippen molar-refractivity contribution in [2.24, 2.45) is 0 Å². The zero-order chi connectivity index (χ0) is 19.5. The Kier molecular flexibility index (Phi) is 5.21. The van der Waals surface area contributed by atoms with E-state index in [0.717, 1.165) is 11.9 Å². The molecule has 1 amide bonds. The molecule has 1 unspecified atom stereocenters. The molecule has 0 aliphatic carbocycles. The van der Waals surface area contributed by atoms with Crippen LogP contribution in [0.1, 0.15) is 18.2 Å². The van der Waals surface area contributed by atoms with Crippen LogP contribution in [0.5, 0.6) is 0 Å². The number of para-hydroxylation sites is 1. The van der Waals surface area contributed by atoms with Crippen LogP contribution in [0.3, 0.4) is 0 Å². The first kappa shape index (κ1) is 18.4. The van der Waals surface area contributed by atoms with E-state index in [4.69, 9.17) is 0 Å². The van der Waals surface area contributed by atoms with Crippen molar-refractivity contribution in [1.29, 1.82) is 0 Å². The van der Waals surface area contributed by atoms with Gasteiger partial charge in [-0.25, -0.2) is 9.37 Å². The van der Waals surface area contributed by atoms with Crippen LogP contribution in [0.4, 0.5) is 4.39 Å². The number of rotatable bonds is 6. The number of nitrogens with zero attached hydrogens (tertiary/aromatic N) is 1. The molecule has 0 saturated carbocycles. The lowest BCUT2D eigenvalue weighted by molar-refractivity contribution is -0.121. The molecule has 4 rings (SSSR count). The maximum absolute atomic E-state index is 13.9. The van der Waals surface area contributed by atoms with Gasteiger partial charge in [-0.15, -0.1) is 11.3 Å². The number of thiazole rings is 1. The number of hydrogen-bond donors (Lipinski definition) is 2. The highest BCUT2D eigenvalue weighted by Gasteiger charge is 2.14. The molecular formula is C22H20FN3OS. The third-order valence-corrected chi connectivity index (χ3v) is 5.53. The van der Waals surface area contributed by atoms with Crippen molar-refractivity contribution < 1.29 is 9.18 Å². The Hall–Kier alpha value is -2.99. The minimum Gasteiger partial charge on any atom is -0.361 e. The maximum atomic E-state index is 13.9. The summed E-state index contributed by atoms with van der Waals surface area (Å²) < 4.78 is 13.9. The fourth-order valence-corrected chi connectivity index (χ4v) is 4.16. The number of amides is 1. The highest BCUT2D eigenvalue weighted by atomic mass is 32.1. The molecule has 0 aliphatic heterocycles. The average molecular weight is 393 g/mol. The summed E-state index contributed by atoms with van der Waals surface area (Å²) in [6.07, 6.45) is 2.92. The van der Waals surface area contributed by atoms with Gasteiger partial charge in [0.15, 0.2) is 0 Å². The van der Waals surface area contributed by atoms with Crippen molar-refractivity contribution >= 4 is 28.1 Å². The molecule has 6 heteroatoms. The van der Waals surface area contributed by atoms with E-state index in [0.29, 0.717) is 16.3 Å². The quantitative estimate of drug-likeness (QED) is 0.498. The van der Waals surface area contributed by atoms with Crippen LogP contribution in [0.15, 0.2) is 60.1 Å². The van der Waals surface area contributed by atoms with E-state index in [1.807, 2.05) is 36.7 Å². The summed E-state index contributed by atoms with van der Waals surface area (Å²) in [5.74, 6) is -0.391. The van der Waals surface area contributed by atoms with Crippen molar-refractivity contribution in [1.82, 2.24) is 15.3 Å². The predicted octanol–water partition coefficient (Wildman–Crippen LogP) is 4.72. The molecule has 0 aliphatic rings. The van der Waals surface area contributed by atoms with Crippen LogP contribution >= 0.6 is 11.3 Å². The fraction of sp³-hybridized carbons (Fsp3) is 0.182. The highest BCUT2D eigenvalue weighted by Crippen LogP contribution is 2.26. The molecule has 0 fully saturated rings. The maximum Gasteiger partial charge on any atom is 0.226 e. The normalized spacial score (nSPS) is 12.2. The first-order valence-electron chi connectivity index (χ1n) is 9.14. The fourth-order valence-electron chi connectivity index (χ4n) is 3.32. The molecule has 28 heavy (non-hydrogen) atoms. The van der Waals surface area contributed by atoms with Gasteiger partial charge in [-0.2, -0.15) is 0 Å². The van der Waals surface area contributed by atoms with Gasteiger partial charge in [0.2, 0.25) is 5.91 Å². The number of halogens is 1. The van der Waals surface area contributed by atoms with E-state index in [-0.39, 0.29) is 24.2 Å². The Morgan fingerprint density at radius 3 is 2.86 bits per heavy atom. The minimum absolute atomic E-state index is 0.00335. The largest absolute Gasteiger partial charge is 0.361 e. The van der Waals surface area contributed by atoms with Crippen molar-refractivity contribution in [3.63, 3.8) is 0 Å². The van der Waals surface area contributed by atoms with Gasteiger partial charge in [0, 0.05) is 34.1 Å². The minimum atomic E-state index is -0.305. The topological polar surface area (TPSA) is 57.8 Å². The summed E-state index contributed by atoms with van der Waals surface area (Å²) in [4.78, 5) is 20.1. The molecule has 4 nitrogen and oxygen atoms in total. The Morgan fingerprint density at radius 1 is 1.21 bits per heavy atom. The molecule has 1 atom stereocenters. The summed E-state index contributed by atoms with van der Waals surface area (Å²) in [7, 11) is 0. The Bertz CT molecular complexity index is 1120. The van der Waals surface area contributed by atoms with E-state index >= 15 is 0 Å². The lowest BCUT2D eigenvalue weighted by Gasteiger charge is -2.13. The van der Waals surface area contributed by atoms with E-state index in [1.165, 1.54) is 28.4 Å².